The van der Waals surface area contributed by atoms with Crippen molar-refractivity contribution in [1.29, 1.82) is 0 Å². The molecule has 0 unspecified atom stereocenters. The summed E-state index contributed by atoms with van der Waals surface area (Å²) in [5.74, 6) is -7.16. The number of halogens is 4. The van der Waals surface area contributed by atoms with E-state index in [0.29, 0.717) is 18.2 Å². The predicted molar refractivity (Wildman–Crippen MR) is 52.0 cm³/mol. The third kappa shape index (κ3) is 3.30. The largest absolute Gasteiger partial charge is 0.461 e. The quantitative estimate of drug-likeness (QED) is 0.356. The van der Waals surface area contributed by atoms with Gasteiger partial charge in [-0.15, -0.1) is 0 Å². The molecule has 17 heavy (non-hydrogen) atoms. The molecule has 0 fully saturated rings. The van der Waals surface area contributed by atoms with Crippen LogP contribution in [0.15, 0.2) is 18.0 Å². The minimum atomic E-state index is -1.65. The Bertz CT molecular complexity index is 446. The summed E-state index contributed by atoms with van der Waals surface area (Å²) in [4.78, 5) is 10.9. The molecule has 0 amide bonds. The second-order valence-corrected chi connectivity index (χ2v) is 3.01. The number of hydrogen-bond acceptors (Lipinski definition) is 2. The lowest BCUT2D eigenvalue weighted by Crippen LogP contribution is -2.04. The number of benzene rings is 1. The Morgan fingerprint density at radius 2 is 1.82 bits per heavy atom. The maximum Gasteiger partial charge on any atom is 0.367 e. The summed E-state index contributed by atoms with van der Waals surface area (Å²) >= 11 is 0. The molecule has 1 aromatic carbocycles. The van der Waals surface area contributed by atoms with Crippen molar-refractivity contribution in [3.05, 3.63) is 41.0 Å². The predicted octanol–water partition coefficient (Wildman–Crippen LogP) is 2.98. The minimum absolute atomic E-state index is 0.0355. The standard InChI is InChI=1S/C11H8F4O2/c1-2-17-11(16)9(14)5-6-3-7(12)10(15)8(13)4-6/h3-5H,2H2,1H3/b9-5+. The Balaban J connectivity index is 3.02. The summed E-state index contributed by atoms with van der Waals surface area (Å²) in [6, 6.07) is 1.13. The van der Waals surface area contributed by atoms with E-state index in [1.54, 1.807) is 0 Å². The molecule has 6 heteroatoms. The fourth-order valence-corrected chi connectivity index (χ4v) is 1.06. The highest BCUT2D eigenvalue weighted by molar-refractivity contribution is 5.91. The van der Waals surface area contributed by atoms with Crippen LogP contribution in [-0.2, 0) is 9.53 Å². The van der Waals surface area contributed by atoms with Gasteiger partial charge in [0.25, 0.3) is 0 Å². The fourth-order valence-electron chi connectivity index (χ4n) is 1.06. The monoisotopic (exact) mass is 248 g/mol. The highest BCUT2D eigenvalue weighted by Crippen LogP contribution is 2.16. The van der Waals surface area contributed by atoms with Crippen molar-refractivity contribution in [2.45, 2.75) is 6.92 Å². The van der Waals surface area contributed by atoms with Gasteiger partial charge in [0, 0.05) is 0 Å². The van der Waals surface area contributed by atoms with Crippen LogP contribution in [0.2, 0.25) is 0 Å². The van der Waals surface area contributed by atoms with E-state index in [9.17, 15) is 22.4 Å². The van der Waals surface area contributed by atoms with Gasteiger partial charge in [-0.2, -0.15) is 4.39 Å². The Kier molecular flexibility index (Phi) is 4.25. The summed E-state index contributed by atoms with van der Waals surface area (Å²) < 4.78 is 55.5. The molecule has 92 valence electrons. The lowest BCUT2D eigenvalue weighted by Gasteiger charge is -2.00. The first-order chi connectivity index (χ1) is 7.95. The molecule has 0 saturated carbocycles. The molecule has 0 aliphatic heterocycles. The molecule has 0 heterocycles. The van der Waals surface area contributed by atoms with Crippen molar-refractivity contribution in [2.24, 2.45) is 0 Å². The zero-order valence-electron chi connectivity index (χ0n) is 8.77. The first kappa shape index (κ1) is 13.2. The molecule has 1 aromatic rings. The van der Waals surface area contributed by atoms with Crippen molar-refractivity contribution in [3.63, 3.8) is 0 Å². The zero-order valence-corrected chi connectivity index (χ0v) is 8.77. The van der Waals surface area contributed by atoms with Crippen molar-refractivity contribution < 1.29 is 27.1 Å². The topological polar surface area (TPSA) is 26.3 Å². The van der Waals surface area contributed by atoms with E-state index in [2.05, 4.69) is 4.74 Å². The first-order valence-electron chi connectivity index (χ1n) is 4.64. The van der Waals surface area contributed by atoms with Crippen LogP contribution in [0.3, 0.4) is 0 Å². The van der Waals surface area contributed by atoms with Gasteiger partial charge in [-0.05, 0) is 30.7 Å². The van der Waals surface area contributed by atoms with E-state index >= 15 is 0 Å². The van der Waals surface area contributed by atoms with Crippen molar-refractivity contribution in [1.82, 2.24) is 0 Å². The van der Waals surface area contributed by atoms with Gasteiger partial charge in [0.1, 0.15) is 0 Å². The van der Waals surface area contributed by atoms with Crippen LogP contribution >= 0.6 is 0 Å². The van der Waals surface area contributed by atoms with E-state index < -0.39 is 29.2 Å². The van der Waals surface area contributed by atoms with Crippen molar-refractivity contribution >= 4 is 12.0 Å². The van der Waals surface area contributed by atoms with Crippen molar-refractivity contribution in [2.75, 3.05) is 6.61 Å². The molecular weight excluding hydrogens is 240 g/mol. The number of carbonyl (C=O) groups is 1. The Labute approximate surface area is 94.5 Å². The maximum atomic E-state index is 13.1. The van der Waals surface area contributed by atoms with E-state index in [1.807, 2.05) is 0 Å². The second kappa shape index (κ2) is 5.47. The van der Waals surface area contributed by atoms with Gasteiger partial charge >= 0.3 is 5.97 Å². The highest BCUT2D eigenvalue weighted by Gasteiger charge is 2.13. The van der Waals surface area contributed by atoms with Gasteiger partial charge in [-0.3, -0.25) is 0 Å². The smallest absolute Gasteiger partial charge is 0.367 e. The van der Waals surface area contributed by atoms with Gasteiger partial charge in [0.2, 0.25) is 5.83 Å². The normalized spacial score (nSPS) is 11.5. The van der Waals surface area contributed by atoms with Gasteiger partial charge in [-0.25, -0.2) is 18.0 Å². The van der Waals surface area contributed by atoms with Gasteiger partial charge in [0.15, 0.2) is 17.5 Å². The number of esters is 1. The van der Waals surface area contributed by atoms with Crippen LogP contribution in [0, 0.1) is 17.5 Å². The molecule has 0 N–H and O–H groups in total. The molecule has 0 spiro atoms. The molecule has 0 aliphatic carbocycles. The fraction of sp³-hybridized carbons (Fsp3) is 0.182. The van der Waals surface area contributed by atoms with Crippen LogP contribution in [0.5, 0.6) is 0 Å². The molecular formula is C11H8F4O2. The third-order valence-electron chi connectivity index (χ3n) is 1.77. The molecule has 0 atom stereocenters. The first-order valence-corrected chi connectivity index (χ1v) is 4.64. The zero-order chi connectivity index (χ0) is 13.0. The van der Waals surface area contributed by atoms with E-state index in [4.69, 9.17) is 0 Å². The van der Waals surface area contributed by atoms with Crippen molar-refractivity contribution in [3.8, 4) is 0 Å². The van der Waals surface area contributed by atoms with Crippen LogP contribution in [0.4, 0.5) is 17.6 Å². The number of hydrogen-bond donors (Lipinski definition) is 0. The SMILES string of the molecule is CCOC(=O)/C(F)=C\c1cc(F)c(F)c(F)c1. The summed E-state index contributed by atoms with van der Waals surface area (Å²) in [7, 11) is 0. The number of ether oxygens (including phenoxy) is 1. The average molecular weight is 248 g/mol. The molecule has 0 aromatic heterocycles. The number of carbonyl (C=O) groups excluding carboxylic acids is 1. The minimum Gasteiger partial charge on any atom is -0.461 e. The second-order valence-electron chi connectivity index (χ2n) is 3.01. The summed E-state index contributed by atoms with van der Waals surface area (Å²) in [6.07, 6.45) is 0.559. The van der Waals surface area contributed by atoms with E-state index in [0.717, 1.165) is 0 Å². The molecule has 0 bridgehead atoms. The Morgan fingerprint density at radius 3 is 2.29 bits per heavy atom. The molecule has 1 rings (SSSR count). The van der Waals surface area contributed by atoms with Crippen LogP contribution in [0.1, 0.15) is 12.5 Å². The lowest BCUT2D eigenvalue weighted by molar-refractivity contribution is -0.140. The Morgan fingerprint density at radius 1 is 1.29 bits per heavy atom. The van der Waals surface area contributed by atoms with Gasteiger partial charge < -0.3 is 4.74 Å². The molecule has 0 saturated heterocycles. The van der Waals surface area contributed by atoms with E-state index in [1.165, 1.54) is 6.92 Å². The lowest BCUT2D eigenvalue weighted by atomic mass is 10.2. The summed E-state index contributed by atoms with van der Waals surface area (Å²) in [5.41, 5.74) is -0.313. The third-order valence-corrected chi connectivity index (χ3v) is 1.77. The number of rotatable bonds is 3. The van der Waals surface area contributed by atoms with Crippen LogP contribution in [-0.4, -0.2) is 12.6 Å². The maximum absolute atomic E-state index is 13.1. The van der Waals surface area contributed by atoms with Crippen LogP contribution in [0.25, 0.3) is 6.08 Å². The molecule has 0 radical (unpaired) electrons. The van der Waals surface area contributed by atoms with Gasteiger partial charge in [0.05, 0.1) is 6.61 Å². The van der Waals surface area contributed by atoms with Crippen LogP contribution < -0.4 is 0 Å². The van der Waals surface area contributed by atoms with E-state index in [-0.39, 0.29) is 12.2 Å². The highest BCUT2D eigenvalue weighted by atomic mass is 19.2. The summed E-state index contributed by atoms with van der Waals surface area (Å²) in [6.45, 7) is 1.44. The average Bonchev–Trinajstić information content (AvgIpc) is 2.26. The molecule has 0 aliphatic rings. The van der Waals surface area contributed by atoms with Gasteiger partial charge in [-0.1, -0.05) is 0 Å². The Hall–Kier alpha value is -1.85. The summed E-state index contributed by atoms with van der Waals surface area (Å²) in [5, 5.41) is 0. The molecule has 2 nitrogen and oxygen atoms in total.